The highest BCUT2D eigenvalue weighted by Gasteiger charge is 2.02. The van der Waals surface area contributed by atoms with E-state index in [1.807, 2.05) is 12.1 Å². The lowest BCUT2D eigenvalue weighted by Gasteiger charge is -2.03. The molecule has 0 unspecified atom stereocenters. The average Bonchev–Trinajstić information content (AvgIpc) is 2.27. The van der Waals surface area contributed by atoms with E-state index in [4.69, 9.17) is 5.73 Å². The first kappa shape index (κ1) is 12.1. The number of amides is 2. The number of aryl methyl sites for hydroxylation is 1. The van der Waals surface area contributed by atoms with Gasteiger partial charge < -0.3 is 5.73 Å². The van der Waals surface area contributed by atoms with Gasteiger partial charge in [-0.3, -0.25) is 19.4 Å². The number of hydrogen-bond donors (Lipinski definition) is 2. The van der Waals surface area contributed by atoms with Crippen molar-refractivity contribution in [2.75, 3.05) is 6.61 Å². The van der Waals surface area contributed by atoms with Crippen molar-refractivity contribution < 1.29 is 14.4 Å². The number of pyridine rings is 1. The molecular formula is C10H13N3O3. The van der Waals surface area contributed by atoms with Gasteiger partial charge in [-0.2, -0.15) is 0 Å². The Labute approximate surface area is 92.8 Å². The van der Waals surface area contributed by atoms with Crippen LogP contribution < -0.4 is 11.2 Å². The number of aromatic nitrogens is 1. The molecule has 0 saturated carbocycles. The van der Waals surface area contributed by atoms with Gasteiger partial charge in [0.05, 0.1) is 0 Å². The predicted molar refractivity (Wildman–Crippen MR) is 55.8 cm³/mol. The van der Waals surface area contributed by atoms with Crippen molar-refractivity contribution in [3.8, 4) is 0 Å². The molecule has 0 aliphatic heterocycles. The number of carbonyl (C=O) groups is 2. The van der Waals surface area contributed by atoms with E-state index < -0.39 is 5.91 Å². The second kappa shape index (κ2) is 6.52. The highest BCUT2D eigenvalue weighted by Crippen LogP contribution is 2.00. The monoisotopic (exact) mass is 223 g/mol. The molecular weight excluding hydrogens is 210 g/mol. The van der Waals surface area contributed by atoms with Crippen molar-refractivity contribution in [2.45, 2.75) is 12.8 Å². The van der Waals surface area contributed by atoms with Crippen molar-refractivity contribution >= 4 is 11.8 Å². The van der Waals surface area contributed by atoms with Crippen LogP contribution in [0.5, 0.6) is 0 Å². The maximum atomic E-state index is 11.2. The van der Waals surface area contributed by atoms with Crippen molar-refractivity contribution in [3.05, 3.63) is 30.1 Å². The molecule has 0 atom stereocenters. The first-order valence-electron chi connectivity index (χ1n) is 4.76. The third kappa shape index (κ3) is 5.06. The minimum absolute atomic E-state index is 0.281. The van der Waals surface area contributed by atoms with Crippen LogP contribution in [0.3, 0.4) is 0 Å². The van der Waals surface area contributed by atoms with Crippen molar-refractivity contribution in [3.63, 3.8) is 0 Å². The van der Waals surface area contributed by atoms with E-state index in [-0.39, 0.29) is 18.9 Å². The van der Waals surface area contributed by atoms with Gasteiger partial charge in [0, 0.05) is 18.8 Å². The van der Waals surface area contributed by atoms with Crippen molar-refractivity contribution in [1.29, 1.82) is 0 Å². The molecule has 6 nitrogen and oxygen atoms in total. The van der Waals surface area contributed by atoms with Gasteiger partial charge in [-0.1, -0.05) is 0 Å². The summed E-state index contributed by atoms with van der Waals surface area (Å²) in [7, 11) is 0. The van der Waals surface area contributed by atoms with E-state index in [9.17, 15) is 9.59 Å². The summed E-state index contributed by atoms with van der Waals surface area (Å²) in [6.07, 6.45) is 4.20. The Hall–Kier alpha value is -1.95. The Kier molecular flexibility index (Phi) is 4.94. The molecule has 16 heavy (non-hydrogen) atoms. The van der Waals surface area contributed by atoms with Gasteiger partial charge in [0.1, 0.15) is 0 Å². The Morgan fingerprint density at radius 1 is 1.38 bits per heavy atom. The third-order valence-electron chi connectivity index (χ3n) is 1.79. The van der Waals surface area contributed by atoms with E-state index >= 15 is 0 Å². The summed E-state index contributed by atoms with van der Waals surface area (Å²) in [6.45, 7) is -0.318. The molecule has 0 fully saturated rings. The van der Waals surface area contributed by atoms with E-state index in [1.54, 1.807) is 12.4 Å². The molecule has 1 rings (SSSR count). The maximum Gasteiger partial charge on any atom is 0.246 e. The molecule has 0 spiro atoms. The summed E-state index contributed by atoms with van der Waals surface area (Å²) >= 11 is 0. The van der Waals surface area contributed by atoms with Crippen LogP contribution in [0.15, 0.2) is 24.5 Å². The molecule has 86 valence electrons. The quantitative estimate of drug-likeness (QED) is 0.638. The molecule has 1 aromatic rings. The smallest absolute Gasteiger partial charge is 0.246 e. The molecule has 2 amide bonds. The molecule has 0 bridgehead atoms. The van der Waals surface area contributed by atoms with Crippen LogP contribution in [0.4, 0.5) is 0 Å². The minimum Gasteiger partial charge on any atom is -0.368 e. The van der Waals surface area contributed by atoms with Gasteiger partial charge in [0.15, 0.2) is 6.61 Å². The molecule has 0 aliphatic carbocycles. The van der Waals surface area contributed by atoms with Gasteiger partial charge in [-0.05, 0) is 24.1 Å². The molecule has 3 N–H and O–H groups in total. The van der Waals surface area contributed by atoms with Crippen LogP contribution in [0, 0.1) is 0 Å². The fourth-order valence-corrected chi connectivity index (χ4v) is 1.05. The van der Waals surface area contributed by atoms with E-state index in [2.05, 4.69) is 15.3 Å². The van der Waals surface area contributed by atoms with Crippen LogP contribution in [-0.2, 0) is 20.8 Å². The molecule has 6 heteroatoms. The summed E-state index contributed by atoms with van der Waals surface area (Å²) < 4.78 is 0. The first-order chi connectivity index (χ1) is 7.68. The van der Waals surface area contributed by atoms with Crippen LogP contribution in [0.1, 0.15) is 12.0 Å². The number of carbonyl (C=O) groups excluding carboxylic acids is 2. The van der Waals surface area contributed by atoms with E-state index in [0.29, 0.717) is 6.42 Å². The number of hydroxylamine groups is 1. The minimum atomic E-state index is -0.630. The van der Waals surface area contributed by atoms with Crippen LogP contribution in [-0.4, -0.2) is 23.4 Å². The second-order valence-electron chi connectivity index (χ2n) is 3.14. The Balaban J connectivity index is 2.18. The highest BCUT2D eigenvalue weighted by atomic mass is 16.7. The standard InChI is InChI=1S/C10H13N3O3/c11-9(14)7-16-13-10(15)2-1-8-3-5-12-6-4-8/h3-6H,1-2,7H2,(H2,11,14)(H,13,15). The molecule has 0 aromatic carbocycles. The Morgan fingerprint density at radius 2 is 2.06 bits per heavy atom. The van der Waals surface area contributed by atoms with Gasteiger partial charge in [-0.15, -0.1) is 0 Å². The maximum absolute atomic E-state index is 11.2. The Morgan fingerprint density at radius 3 is 2.69 bits per heavy atom. The summed E-state index contributed by atoms with van der Waals surface area (Å²) in [6, 6.07) is 3.66. The normalized spacial score (nSPS) is 9.75. The number of nitrogens with two attached hydrogens (primary N) is 1. The zero-order valence-corrected chi connectivity index (χ0v) is 8.68. The predicted octanol–water partition coefficient (Wildman–Crippen LogP) is -0.453. The number of primary amides is 1. The van der Waals surface area contributed by atoms with E-state index in [1.165, 1.54) is 0 Å². The summed E-state index contributed by atoms with van der Waals surface area (Å²) in [5.74, 6) is -0.924. The zero-order valence-electron chi connectivity index (χ0n) is 8.68. The topological polar surface area (TPSA) is 94.3 Å². The summed E-state index contributed by atoms with van der Waals surface area (Å²) in [4.78, 5) is 29.9. The second-order valence-corrected chi connectivity index (χ2v) is 3.14. The number of nitrogens with zero attached hydrogens (tertiary/aromatic N) is 1. The fraction of sp³-hybridized carbons (Fsp3) is 0.300. The van der Waals surface area contributed by atoms with E-state index in [0.717, 1.165) is 5.56 Å². The molecule has 1 aromatic heterocycles. The zero-order chi connectivity index (χ0) is 11.8. The van der Waals surface area contributed by atoms with Gasteiger partial charge >= 0.3 is 0 Å². The number of hydrogen-bond acceptors (Lipinski definition) is 4. The lowest BCUT2D eigenvalue weighted by Crippen LogP contribution is -2.29. The lowest BCUT2D eigenvalue weighted by molar-refractivity contribution is -0.137. The van der Waals surface area contributed by atoms with Crippen LogP contribution in [0.25, 0.3) is 0 Å². The SMILES string of the molecule is NC(=O)CONC(=O)CCc1ccncc1. The lowest BCUT2D eigenvalue weighted by atomic mass is 10.1. The summed E-state index contributed by atoms with van der Waals surface area (Å²) in [5.41, 5.74) is 7.96. The van der Waals surface area contributed by atoms with Crippen LogP contribution in [0.2, 0.25) is 0 Å². The molecule has 0 radical (unpaired) electrons. The van der Waals surface area contributed by atoms with Gasteiger partial charge in [-0.25, -0.2) is 5.48 Å². The highest BCUT2D eigenvalue weighted by molar-refractivity contribution is 5.77. The average molecular weight is 223 g/mol. The fourth-order valence-electron chi connectivity index (χ4n) is 1.05. The Bertz CT molecular complexity index is 354. The largest absolute Gasteiger partial charge is 0.368 e. The van der Waals surface area contributed by atoms with Crippen molar-refractivity contribution in [1.82, 2.24) is 10.5 Å². The molecule has 0 saturated heterocycles. The van der Waals surface area contributed by atoms with Gasteiger partial charge in [0.2, 0.25) is 11.8 Å². The molecule has 0 aliphatic rings. The third-order valence-corrected chi connectivity index (χ3v) is 1.79. The molecule has 1 heterocycles. The number of rotatable bonds is 6. The van der Waals surface area contributed by atoms with Crippen molar-refractivity contribution in [2.24, 2.45) is 5.73 Å². The van der Waals surface area contributed by atoms with Gasteiger partial charge in [0.25, 0.3) is 0 Å². The number of nitrogens with one attached hydrogen (secondary N) is 1. The summed E-state index contributed by atoms with van der Waals surface area (Å²) in [5, 5.41) is 0. The van der Waals surface area contributed by atoms with Crippen LogP contribution >= 0.6 is 0 Å². The first-order valence-corrected chi connectivity index (χ1v) is 4.76.